The van der Waals surface area contributed by atoms with Crippen LogP contribution in [0.15, 0.2) is 0 Å². The van der Waals surface area contributed by atoms with Crippen LogP contribution >= 0.6 is 0 Å². The van der Waals surface area contributed by atoms with Gasteiger partial charge in [0.15, 0.2) is 0 Å². The molecule has 1 unspecified atom stereocenters. The number of hydrogen-bond donors (Lipinski definition) is 1. The predicted molar refractivity (Wildman–Crippen MR) is 74.1 cm³/mol. The van der Waals surface area contributed by atoms with Crippen molar-refractivity contribution in [2.24, 2.45) is 23.7 Å². The summed E-state index contributed by atoms with van der Waals surface area (Å²) in [5.74, 6) is 4.19. The van der Waals surface area contributed by atoms with E-state index in [4.69, 9.17) is 0 Å². The molecule has 0 bridgehead atoms. The molecule has 3 aliphatic rings. The highest BCUT2D eigenvalue weighted by molar-refractivity contribution is 5.04. The van der Waals surface area contributed by atoms with E-state index in [9.17, 15) is 0 Å². The average molecular weight is 238 g/mol. The van der Waals surface area contributed by atoms with Crippen LogP contribution in [0.3, 0.4) is 0 Å². The molecule has 2 nitrogen and oxygen atoms in total. The number of rotatable bonds is 3. The second-order valence-corrected chi connectivity index (χ2v) is 5.80. The molecule has 2 saturated heterocycles. The summed E-state index contributed by atoms with van der Waals surface area (Å²) in [6, 6.07) is 0. The SMILES string of the molecule is CC.CCC1CCN(CC2[C@H]3CNC[C@@H]23)CC1. The molecule has 0 aromatic carbocycles. The van der Waals surface area contributed by atoms with E-state index in [1.54, 1.807) is 0 Å². The third-order valence-electron chi connectivity index (χ3n) is 5.02. The molecule has 1 saturated carbocycles. The Bertz CT molecular complexity index is 211. The number of hydrogen-bond acceptors (Lipinski definition) is 2. The molecule has 0 aromatic rings. The molecule has 2 aliphatic heterocycles. The zero-order chi connectivity index (χ0) is 12.3. The van der Waals surface area contributed by atoms with Gasteiger partial charge in [-0.1, -0.05) is 27.2 Å². The second-order valence-electron chi connectivity index (χ2n) is 5.80. The van der Waals surface area contributed by atoms with E-state index in [1.165, 1.54) is 52.0 Å². The van der Waals surface area contributed by atoms with Crippen molar-refractivity contribution < 1.29 is 0 Å². The topological polar surface area (TPSA) is 15.3 Å². The van der Waals surface area contributed by atoms with E-state index in [-0.39, 0.29) is 0 Å². The third kappa shape index (κ3) is 3.03. The summed E-state index contributed by atoms with van der Waals surface area (Å²) >= 11 is 0. The first-order chi connectivity index (χ1) is 8.38. The van der Waals surface area contributed by atoms with E-state index in [0.29, 0.717) is 0 Å². The summed E-state index contributed by atoms with van der Waals surface area (Å²) in [5.41, 5.74) is 0. The van der Waals surface area contributed by atoms with Gasteiger partial charge in [0.05, 0.1) is 0 Å². The van der Waals surface area contributed by atoms with E-state index >= 15 is 0 Å². The lowest BCUT2D eigenvalue weighted by Gasteiger charge is -2.31. The van der Waals surface area contributed by atoms with Crippen LogP contribution < -0.4 is 5.32 Å². The van der Waals surface area contributed by atoms with Gasteiger partial charge in [-0.2, -0.15) is 0 Å². The summed E-state index contributed by atoms with van der Waals surface area (Å²) in [5, 5.41) is 3.49. The fourth-order valence-corrected chi connectivity index (χ4v) is 3.69. The Morgan fingerprint density at radius 3 is 2.18 bits per heavy atom. The summed E-state index contributed by atoms with van der Waals surface area (Å²) in [6.07, 6.45) is 4.31. The molecule has 3 rings (SSSR count). The van der Waals surface area contributed by atoms with Crippen molar-refractivity contribution >= 4 is 0 Å². The standard InChI is InChI=1S/C13H24N2.C2H6/c1-2-10-3-5-15(6-4-10)9-13-11-7-14-8-12(11)13;1-2/h10-14H,2-9H2,1H3;1-2H3/t11-,12+,13?;. The third-order valence-corrected chi connectivity index (χ3v) is 5.02. The highest BCUT2D eigenvalue weighted by Crippen LogP contribution is 2.49. The van der Waals surface area contributed by atoms with Crippen molar-refractivity contribution in [2.75, 3.05) is 32.7 Å². The van der Waals surface area contributed by atoms with Gasteiger partial charge in [-0.15, -0.1) is 0 Å². The quantitative estimate of drug-likeness (QED) is 0.813. The van der Waals surface area contributed by atoms with Gasteiger partial charge < -0.3 is 10.2 Å². The Morgan fingerprint density at radius 2 is 1.65 bits per heavy atom. The molecule has 1 N–H and O–H groups in total. The van der Waals surface area contributed by atoms with Gasteiger partial charge >= 0.3 is 0 Å². The van der Waals surface area contributed by atoms with Crippen LogP contribution in [0.1, 0.15) is 40.0 Å². The maximum absolute atomic E-state index is 3.49. The molecule has 0 amide bonds. The Kier molecular flexibility index (Phi) is 4.87. The molecule has 2 heteroatoms. The molecule has 17 heavy (non-hydrogen) atoms. The monoisotopic (exact) mass is 238 g/mol. The number of piperidine rings is 2. The van der Waals surface area contributed by atoms with Gasteiger partial charge in [0.1, 0.15) is 0 Å². The first kappa shape index (κ1) is 13.4. The molecular formula is C15H30N2. The highest BCUT2D eigenvalue weighted by Gasteiger charge is 2.52. The van der Waals surface area contributed by atoms with Gasteiger partial charge in [0.2, 0.25) is 0 Å². The highest BCUT2D eigenvalue weighted by atomic mass is 15.1. The van der Waals surface area contributed by atoms with Gasteiger partial charge in [0, 0.05) is 6.54 Å². The number of likely N-dealkylation sites (tertiary alicyclic amines) is 1. The fraction of sp³-hybridized carbons (Fsp3) is 1.00. The van der Waals surface area contributed by atoms with Gasteiger partial charge in [-0.25, -0.2) is 0 Å². The van der Waals surface area contributed by atoms with Crippen LogP contribution in [-0.2, 0) is 0 Å². The molecule has 0 aromatic heterocycles. The van der Waals surface area contributed by atoms with Crippen LogP contribution in [0.25, 0.3) is 0 Å². The van der Waals surface area contributed by atoms with Crippen molar-refractivity contribution in [2.45, 2.75) is 40.0 Å². The Labute approximate surface area is 107 Å². The predicted octanol–water partition coefficient (Wildman–Crippen LogP) is 2.60. The maximum atomic E-state index is 3.49. The summed E-state index contributed by atoms with van der Waals surface area (Å²) in [7, 11) is 0. The zero-order valence-electron chi connectivity index (χ0n) is 11.9. The first-order valence-electron chi connectivity index (χ1n) is 7.81. The van der Waals surface area contributed by atoms with Crippen molar-refractivity contribution in [3.63, 3.8) is 0 Å². The molecule has 100 valence electrons. The van der Waals surface area contributed by atoms with Crippen molar-refractivity contribution in [1.82, 2.24) is 10.2 Å². The van der Waals surface area contributed by atoms with Crippen LogP contribution in [0.4, 0.5) is 0 Å². The smallest absolute Gasteiger partial charge is 0.00161 e. The lowest BCUT2D eigenvalue weighted by molar-refractivity contribution is 0.170. The van der Waals surface area contributed by atoms with Crippen molar-refractivity contribution in [3.8, 4) is 0 Å². The van der Waals surface area contributed by atoms with Crippen LogP contribution in [0.5, 0.6) is 0 Å². The maximum Gasteiger partial charge on any atom is 0.00161 e. The minimum absolute atomic E-state index is 1.03. The Balaban J connectivity index is 0.000000514. The van der Waals surface area contributed by atoms with Gasteiger partial charge in [-0.05, 0) is 62.7 Å². The van der Waals surface area contributed by atoms with Gasteiger partial charge in [-0.3, -0.25) is 0 Å². The number of nitrogens with one attached hydrogen (secondary N) is 1. The summed E-state index contributed by atoms with van der Waals surface area (Å²) in [6.45, 7) is 13.1. The van der Waals surface area contributed by atoms with E-state index in [1.807, 2.05) is 13.8 Å². The van der Waals surface area contributed by atoms with E-state index in [2.05, 4.69) is 17.1 Å². The Morgan fingerprint density at radius 1 is 1.06 bits per heavy atom. The Hall–Kier alpha value is -0.0800. The lowest BCUT2D eigenvalue weighted by atomic mass is 9.94. The first-order valence-corrected chi connectivity index (χ1v) is 7.81. The fourth-order valence-electron chi connectivity index (χ4n) is 3.69. The molecule has 2 heterocycles. The average Bonchev–Trinajstić information content (AvgIpc) is 2.84. The van der Waals surface area contributed by atoms with E-state index in [0.717, 1.165) is 23.7 Å². The zero-order valence-corrected chi connectivity index (χ0v) is 11.9. The molecule has 0 radical (unpaired) electrons. The lowest BCUT2D eigenvalue weighted by Crippen LogP contribution is -2.36. The molecule has 1 aliphatic carbocycles. The number of fused-ring (bicyclic) bond motifs is 1. The molecule has 3 atom stereocenters. The van der Waals surface area contributed by atoms with Crippen LogP contribution in [0, 0.1) is 23.7 Å². The largest absolute Gasteiger partial charge is 0.316 e. The second kappa shape index (κ2) is 6.19. The summed E-state index contributed by atoms with van der Waals surface area (Å²) in [4.78, 5) is 2.73. The molecule has 3 fully saturated rings. The minimum Gasteiger partial charge on any atom is -0.316 e. The van der Waals surface area contributed by atoms with Crippen LogP contribution in [-0.4, -0.2) is 37.6 Å². The molecule has 0 spiro atoms. The van der Waals surface area contributed by atoms with Crippen LogP contribution in [0.2, 0.25) is 0 Å². The van der Waals surface area contributed by atoms with Crippen molar-refractivity contribution in [1.29, 1.82) is 0 Å². The van der Waals surface area contributed by atoms with E-state index < -0.39 is 0 Å². The van der Waals surface area contributed by atoms with Crippen molar-refractivity contribution in [3.05, 3.63) is 0 Å². The number of nitrogens with zero attached hydrogens (tertiary/aromatic N) is 1. The molecular weight excluding hydrogens is 208 g/mol. The van der Waals surface area contributed by atoms with Gasteiger partial charge in [0.25, 0.3) is 0 Å². The minimum atomic E-state index is 1.03. The normalized spacial score (nSPS) is 37.2. The summed E-state index contributed by atoms with van der Waals surface area (Å²) < 4.78 is 0.